The highest BCUT2D eigenvalue weighted by atomic mass is 32.2. The van der Waals surface area contributed by atoms with Gasteiger partial charge in [-0.05, 0) is 24.6 Å². The Morgan fingerprint density at radius 3 is 2.75 bits per heavy atom. The molecule has 6 nitrogen and oxygen atoms in total. The van der Waals surface area contributed by atoms with Gasteiger partial charge < -0.3 is 14.4 Å². The lowest BCUT2D eigenvalue weighted by Gasteiger charge is -2.16. The average molecular weight is 297 g/mol. The molecule has 0 spiro atoms. The standard InChI is InChI=1S/C13H15NO5S/c1-20(16,17)10-4-5-14(7-10)13(15)9-2-3-11-12(6-9)19-8-18-11/h2-3,6,10H,4-5,7-8H2,1H3/t10-/m1/s1. The molecule has 1 fully saturated rings. The van der Waals surface area contributed by atoms with Crippen LogP contribution in [0.4, 0.5) is 0 Å². The normalized spacial score (nSPS) is 21.2. The Hall–Kier alpha value is -1.76. The molecule has 2 aliphatic heterocycles. The van der Waals surface area contributed by atoms with Crippen LogP contribution in [0.15, 0.2) is 18.2 Å². The molecule has 7 heteroatoms. The molecule has 2 heterocycles. The second-order valence-corrected chi connectivity index (χ2v) is 7.39. The number of hydrogen-bond acceptors (Lipinski definition) is 5. The van der Waals surface area contributed by atoms with Gasteiger partial charge in [-0.15, -0.1) is 0 Å². The molecule has 0 aromatic heterocycles. The van der Waals surface area contributed by atoms with Crippen LogP contribution in [0, 0.1) is 0 Å². The molecule has 108 valence electrons. The first kappa shape index (κ1) is 13.2. The zero-order valence-electron chi connectivity index (χ0n) is 11.0. The smallest absolute Gasteiger partial charge is 0.254 e. The number of amides is 1. The lowest BCUT2D eigenvalue weighted by Crippen LogP contribution is -2.31. The molecular weight excluding hydrogens is 282 g/mol. The number of sulfone groups is 1. The highest BCUT2D eigenvalue weighted by Gasteiger charge is 2.33. The Morgan fingerprint density at radius 1 is 1.30 bits per heavy atom. The van der Waals surface area contributed by atoms with Gasteiger partial charge >= 0.3 is 0 Å². The second kappa shape index (κ2) is 4.66. The Balaban J connectivity index is 1.77. The number of ether oxygens (including phenoxy) is 2. The SMILES string of the molecule is CS(=O)(=O)[C@@H]1CCN(C(=O)c2ccc3c(c2)OCO3)C1. The van der Waals surface area contributed by atoms with E-state index in [1.807, 2.05) is 0 Å². The topological polar surface area (TPSA) is 72.9 Å². The van der Waals surface area contributed by atoms with Crippen molar-refractivity contribution in [1.29, 1.82) is 0 Å². The third-order valence-corrected chi connectivity index (χ3v) is 5.25. The molecule has 0 saturated carbocycles. The Morgan fingerprint density at radius 2 is 2.05 bits per heavy atom. The van der Waals surface area contributed by atoms with Crippen LogP contribution < -0.4 is 9.47 Å². The summed E-state index contributed by atoms with van der Waals surface area (Å²) in [5.74, 6) is 1.00. The van der Waals surface area contributed by atoms with Crippen molar-refractivity contribution in [2.24, 2.45) is 0 Å². The fraction of sp³-hybridized carbons (Fsp3) is 0.462. The summed E-state index contributed by atoms with van der Waals surface area (Å²) in [5, 5.41) is -0.458. The summed E-state index contributed by atoms with van der Waals surface area (Å²) < 4.78 is 33.5. The van der Waals surface area contributed by atoms with Crippen molar-refractivity contribution >= 4 is 15.7 Å². The van der Waals surface area contributed by atoms with Crippen molar-refractivity contribution in [1.82, 2.24) is 4.90 Å². The van der Waals surface area contributed by atoms with E-state index in [1.54, 1.807) is 23.1 Å². The summed E-state index contributed by atoms with van der Waals surface area (Å²) >= 11 is 0. The molecule has 1 aromatic rings. The minimum Gasteiger partial charge on any atom is -0.454 e. The van der Waals surface area contributed by atoms with E-state index >= 15 is 0 Å². The van der Waals surface area contributed by atoms with Crippen molar-refractivity contribution in [3.05, 3.63) is 23.8 Å². The summed E-state index contributed by atoms with van der Waals surface area (Å²) in [5.41, 5.74) is 0.489. The van der Waals surface area contributed by atoms with Crippen molar-refractivity contribution in [3.63, 3.8) is 0 Å². The van der Waals surface area contributed by atoms with E-state index in [0.29, 0.717) is 30.0 Å². The Kier molecular flexibility index (Phi) is 3.08. The number of carbonyl (C=O) groups is 1. The first-order valence-corrected chi connectivity index (χ1v) is 8.28. The van der Waals surface area contributed by atoms with Crippen LogP contribution in [0.2, 0.25) is 0 Å². The molecule has 1 atom stereocenters. The van der Waals surface area contributed by atoms with Crippen LogP contribution in [0.25, 0.3) is 0 Å². The number of carbonyl (C=O) groups excluding carboxylic acids is 1. The van der Waals surface area contributed by atoms with Gasteiger partial charge in [0, 0.05) is 24.9 Å². The quantitative estimate of drug-likeness (QED) is 0.802. The van der Waals surface area contributed by atoms with Crippen LogP contribution in [-0.2, 0) is 9.84 Å². The molecule has 20 heavy (non-hydrogen) atoms. The van der Waals surface area contributed by atoms with Crippen LogP contribution >= 0.6 is 0 Å². The van der Waals surface area contributed by atoms with Gasteiger partial charge in [0.2, 0.25) is 6.79 Å². The lowest BCUT2D eigenvalue weighted by atomic mass is 10.2. The van der Waals surface area contributed by atoms with E-state index < -0.39 is 15.1 Å². The van der Waals surface area contributed by atoms with E-state index in [9.17, 15) is 13.2 Å². The van der Waals surface area contributed by atoms with Gasteiger partial charge in [-0.1, -0.05) is 0 Å². The highest BCUT2D eigenvalue weighted by Crippen LogP contribution is 2.33. The fourth-order valence-corrected chi connectivity index (χ4v) is 3.46. The summed E-state index contributed by atoms with van der Waals surface area (Å²) in [6.07, 6.45) is 1.71. The van der Waals surface area contributed by atoms with Gasteiger partial charge in [0.25, 0.3) is 5.91 Å². The van der Waals surface area contributed by atoms with Crippen molar-refractivity contribution in [2.75, 3.05) is 26.1 Å². The molecule has 0 aliphatic carbocycles. The summed E-state index contributed by atoms with van der Waals surface area (Å²) in [6, 6.07) is 5.00. The highest BCUT2D eigenvalue weighted by molar-refractivity contribution is 7.91. The molecule has 0 unspecified atom stereocenters. The molecule has 0 bridgehead atoms. The maximum absolute atomic E-state index is 12.4. The minimum absolute atomic E-state index is 0.160. The van der Waals surface area contributed by atoms with Gasteiger partial charge in [0.05, 0.1) is 5.25 Å². The van der Waals surface area contributed by atoms with Crippen molar-refractivity contribution in [3.8, 4) is 11.5 Å². The first-order chi connectivity index (χ1) is 9.45. The Bertz CT molecular complexity index is 655. The van der Waals surface area contributed by atoms with E-state index in [2.05, 4.69) is 0 Å². The van der Waals surface area contributed by atoms with Gasteiger partial charge in [0.1, 0.15) is 0 Å². The second-order valence-electron chi connectivity index (χ2n) is 5.06. The van der Waals surface area contributed by atoms with Crippen LogP contribution in [0.1, 0.15) is 16.8 Å². The molecule has 0 N–H and O–H groups in total. The largest absolute Gasteiger partial charge is 0.454 e. The van der Waals surface area contributed by atoms with Crippen LogP contribution in [0.5, 0.6) is 11.5 Å². The molecule has 1 aromatic carbocycles. The molecule has 1 amide bonds. The van der Waals surface area contributed by atoms with Gasteiger partial charge in [0.15, 0.2) is 21.3 Å². The lowest BCUT2D eigenvalue weighted by molar-refractivity contribution is 0.0793. The summed E-state index contributed by atoms with van der Waals surface area (Å²) in [7, 11) is -3.10. The number of benzene rings is 1. The minimum atomic E-state index is -3.10. The van der Waals surface area contributed by atoms with Crippen LogP contribution in [0.3, 0.4) is 0 Å². The summed E-state index contributed by atoms with van der Waals surface area (Å²) in [6.45, 7) is 0.879. The zero-order valence-corrected chi connectivity index (χ0v) is 11.9. The molecular formula is C13H15NO5S. The molecule has 2 aliphatic rings. The van der Waals surface area contributed by atoms with Crippen molar-refractivity contribution in [2.45, 2.75) is 11.7 Å². The van der Waals surface area contributed by atoms with Gasteiger partial charge in [-0.2, -0.15) is 0 Å². The monoisotopic (exact) mass is 297 g/mol. The molecule has 0 radical (unpaired) electrons. The number of nitrogens with zero attached hydrogens (tertiary/aromatic N) is 1. The first-order valence-electron chi connectivity index (χ1n) is 6.33. The summed E-state index contributed by atoms with van der Waals surface area (Å²) in [4.78, 5) is 13.9. The van der Waals surface area contributed by atoms with E-state index in [-0.39, 0.29) is 19.2 Å². The van der Waals surface area contributed by atoms with Gasteiger partial charge in [-0.3, -0.25) is 4.79 Å². The van der Waals surface area contributed by atoms with E-state index in [1.165, 1.54) is 6.26 Å². The number of rotatable bonds is 2. The Labute approximate surface area is 117 Å². The maximum Gasteiger partial charge on any atom is 0.254 e. The third-order valence-electron chi connectivity index (χ3n) is 3.66. The number of likely N-dealkylation sites (tertiary alicyclic amines) is 1. The third kappa shape index (κ3) is 2.33. The van der Waals surface area contributed by atoms with Gasteiger partial charge in [-0.25, -0.2) is 8.42 Å². The molecule has 3 rings (SSSR count). The average Bonchev–Trinajstić information content (AvgIpc) is 3.05. The predicted octanol–water partition coefficient (Wildman–Crippen LogP) is 0.674. The molecule has 1 saturated heterocycles. The maximum atomic E-state index is 12.4. The fourth-order valence-electron chi connectivity index (χ4n) is 2.47. The van der Waals surface area contributed by atoms with Crippen molar-refractivity contribution < 1.29 is 22.7 Å². The number of fused-ring (bicyclic) bond motifs is 1. The predicted molar refractivity (Wildman–Crippen MR) is 71.7 cm³/mol. The van der Waals surface area contributed by atoms with E-state index in [0.717, 1.165) is 0 Å². The number of hydrogen-bond donors (Lipinski definition) is 0. The zero-order chi connectivity index (χ0) is 14.3. The van der Waals surface area contributed by atoms with E-state index in [4.69, 9.17) is 9.47 Å². The van der Waals surface area contributed by atoms with Crippen LogP contribution in [-0.4, -0.2) is 50.6 Å².